The van der Waals surface area contributed by atoms with Gasteiger partial charge in [0.1, 0.15) is 18.5 Å². The van der Waals surface area contributed by atoms with Crippen molar-refractivity contribution < 1.29 is 14.6 Å². The highest BCUT2D eigenvalue weighted by atomic mass is 35.5. The summed E-state index contributed by atoms with van der Waals surface area (Å²) in [5.74, 6) is -0.174. The van der Waals surface area contributed by atoms with Gasteiger partial charge in [0.15, 0.2) is 11.7 Å². The second-order valence-electron chi connectivity index (χ2n) is 5.92. The maximum absolute atomic E-state index is 10.9. The zero-order chi connectivity index (χ0) is 20.1. The molecule has 0 spiro atoms. The van der Waals surface area contributed by atoms with Crippen LogP contribution in [0.15, 0.2) is 47.4 Å². The number of carbonyl (C=O) groups is 1. The summed E-state index contributed by atoms with van der Waals surface area (Å²) < 4.78 is 5.38. The van der Waals surface area contributed by atoms with Crippen molar-refractivity contribution in [3.05, 3.63) is 64.2 Å². The Balaban J connectivity index is 1.60. The number of halogens is 1. The van der Waals surface area contributed by atoms with Gasteiger partial charge in [0.05, 0.1) is 6.54 Å². The van der Waals surface area contributed by atoms with Crippen LogP contribution in [-0.4, -0.2) is 40.2 Å². The van der Waals surface area contributed by atoms with E-state index in [1.165, 1.54) is 12.3 Å². The van der Waals surface area contributed by atoms with Gasteiger partial charge in [0.2, 0.25) is 0 Å². The van der Waals surface area contributed by atoms with Crippen LogP contribution in [0, 0.1) is 6.92 Å². The van der Waals surface area contributed by atoms with E-state index < -0.39 is 5.97 Å². The lowest BCUT2D eigenvalue weighted by molar-refractivity contribution is 0.0688. The van der Waals surface area contributed by atoms with Crippen molar-refractivity contribution in [2.24, 2.45) is 10.7 Å². The van der Waals surface area contributed by atoms with Crippen molar-refractivity contribution in [2.75, 3.05) is 13.2 Å². The molecule has 5 N–H and O–H groups in total. The highest BCUT2D eigenvalue weighted by Gasteiger charge is 2.18. The molecule has 3 rings (SSSR count). The summed E-state index contributed by atoms with van der Waals surface area (Å²) in [5.41, 5.74) is 7.68. The average Bonchev–Trinajstić information content (AvgIpc) is 2.67. The number of aliphatic imine (C=N–C) groups is 1. The van der Waals surface area contributed by atoms with Crippen molar-refractivity contribution in [2.45, 2.75) is 13.0 Å². The number of benzene rings is 1. The van der Waals surface area contributed by atoms with Gasteiger partial charge in [0.25, 0.3) is 0 Å². The number of carboxylic acid groups (broad SMARTS) is 1. The SMILES string of the molecule is Cc1c(Cl)cccc1C1C=C(NCCOc2nccc(C(=O)O)n2)NC(N)=N1. The monoisotopic (exact) mass is 402 g/mol. The van der Waals surface area contributed by atoms with Crippen LogP contribution in [0.3, 0.4) is 0 Å². The van der Waals surface area contributed by atoms with Crippen molar-refractivity contribution in [3.8, 4) is 6.01 Å². The van der Waals surface area contributed by atoms with Crippen LogP contribution in [0.4, 0.5) is 0 Å². The summed E-state index contributed by atoms with van der Waals surface area (Å²) >= 11 is 6.20. The predicted molar refractivity (Wildman–Crippen MR) is 104 cm³/mol. The molecule has 1 aliphatic rings. The minimum absolute atomic E-state index is 0.000730. The fourth-order valence-electron chi connectivity index (χ4n) is 2.62. The molecule has 28 heavy (non-hydrogen) atoms. The summed E-state index contributed by atoms with van der Waals surface area (Å²) in [6.45, 7) is 2.57. The first-order valence-corrected chi connectivity index (χ1v) is 8.82. The minimum atomic E-state index is -1.14. The maximum atomic E-state index is 10.9. The first-order chi connectivity index (χ1) is 13.4. The summed E-state index contributed by atoms with van der Waals surface area (Å²) in [4.78, 5) is 23.0. The van der Waals surface area contributed by atoms with Gasteiger partial charge in [-0.3, -0.25) is 0 Å². The smallest absolute Gasteiger partial charge is 0.354 e. The Kier molecular flexibility index (Phi) is 5.95. The van der Waals surface area contributed by atoms with E-state index in [2.05, 4.69) is 25.6 Å². The molecule has 2 aromatic rings. The molecule has 0 saturated carbocycles. The molecular formula is C18H19ClN6O3. The number of nitrogens with one attached hydrogen (secondary N) is 2. The zero-order valence-corrected chi connectivity index (χ0v) is 15.8. The van der Waals surface area contributed by atoms with Gasteiger partial charge in [0, 0.05) is 11.2 Å². The summed E-state index contributed by atoms with van der Waals surface area (Å²) in [5, 5.41) is 15.7. The molecule has 0 amide bonds. The van der Waals surface area contributed by atoms with E-state index in [-0.39, 0.29) is 30.3 Å². The van der Waals surface area contributed by atoms with Crippen LogP contribution in [-0.2, 0) is 0 Å². The molecule has 1 unspecified atom stereocenters. The Morgan fingerprint density at radius 3 is 3.04 bits per heavy atom. The molecule has 146 valence electrons. The molecule has 10 heteroatoms. The lowest BCUT2D eigenvalue weighted by Crippen LogP contribution is -2.40. The largest absolute Gasteiger partial charge is 0.477 e. The van der Waals surface area contributed by atoms with Gasteiger partial charge in [-0.1, -0.05) is 23.7 Å². The normalized spacial score (nSPS) is 15.9. The standard InChI is InChI=1S/C18H19ClN6O3/c1-10-11(3-2-4-12(10)19)14-9-15(25-17(20)23-14)21-7-8-28-18-22-6-5-13(24-18)16(26)27/h2-6,9,14,21H,7-8H2,1H3,(H,26,27)(H3,20,23,25). The molecule has 2 heterocycles. The first-order valence-electron chi connectivity index (χ1n) is 8.44. The molecule has 1 aromatic carbocycles. The zero-order valence-electron chi connectivity index (χ0n) is 15.0. The lowest BCUT2D eigenvalue weighted by Gasteiger charge is -2.22. The Morgan fingerprint density at radius 1 is 1.43 bits per heavy atom. The van der Waals surface area contributed by atoms with Crippen molar-refractivity contribution in [1.29, 1.82) is 0 Å². The first kappa shape index (κ1) is 19.4. The van der Waals surface area contributed by atoms with Crippen LogP contribution in [0.5, 0.6) is 6.01 Å². The van der Waals surface area contributed by atoms with Gasteiger partial charge in [-0.05, 0) is 36.3 Å². The second-order valence-corrected chi connectivity index (χ2v) is 6.33. The van der Waals surface area contributed by atoms with Gasteiger partial charge in [-0.15, -0.1) is 0 Å². The molecule has 0 radical (unpaired) electrons. The number of aromatic nitrogens is 2. The van der Waals surface area contributed by atoms with E-state index >= 15 is 0 Å². The number of ether oxygens (including phenoxy) is 1. The molecule has 9 nitrogen and oxygen atoms in total. The lowest BCUT2D eigenvalue weighted by atomic mass is 10.0. The number of aromatic carboxylic acids is 1. The van der Waals surface area contributed by atoms with Gasteiger partial charge < -0.3 is 26.2 Å². The minimum Gasteiger partial charge on any atom is -0.477 e. The fraction of sp³-hybridized carbons (Fsp3) is 0.222. The number of nitrogens with two attached hydrogens (primary N) is 1. The molecule has 0 fully saturated rings. The number of hydrogen-bond donors (Lipinski definition) is 4. The molecule has 1 aromatic heterocycles. The molecule has 0 bridgehead atoms. The van der Waals surface area contributed by atoms with Crippen LogP contribution in [0.25, 0.3) is 0 Å². The summed E-state index contributed by atoms with van der Waals surface area (Å²) in [7, 11) is 0. The quantitative estimate of drug-likeness (QED) is 0.513. The van der Waals surface area contributed by atoms with Crippen molar-refractivity contribution >= 4 is 23.5 Å². The van der Waals surface area contributed by atoms with Gasteiger partial charge in [-0.2, -0.15) is 4.98 Å². The third-order valence-electron chi connectivity index (χ3n) is 3.99. The number of nitrogens with zero attached hydrogens (tertiary/aromatic N) is 3. The fourth-order valence-corrected chi connectivity index (χ4v) is 2.80. The van der Waals surface area contributed by atoms with E-state index in [1.54, 1.807) is 0 Å². The van der Waals surface area contributed by atoms with E-state index in [9.17, 15) is 4.79 Å². The number of guanidine groups is 1. The Bertz CT molecular complexity index is 947. The van der Waals surface area contributed by atoms with Crippen molar-refractivity contribution in [1.82, 2.24) is 20.6 Å². The Labute approximate surface area is 166 Å². The maximum Gasteiger partial charge on any atom is 0.354 e. The Hall–Kier alpha value is -3.33. The van der Waals surface area contributed by atoms with Crippen LogP contribution in [0.1, 0.15) is 27.7 Å². The molecule has 0 aliphatic carbocycles. The molecule has 1 aliphatic heterocycles. The van der Waals surface area contributed by atoms with Crippen LogP contribution < -0.4 is 21.1 Å². The predicted octanol–water partition coefficient (Wildman–Crippen LogP) is 1.61. The number of carboxylic acids is 1. The van der Waals surface area contributed by atoms with E-state index in [1.807, 2.05) is 31.2 Å². The van der Waals surface area contributed by atoms with Gasteiger partial charge >= 0.3 is 12.0 Å². The van der Waals surface area contributed by atoms with Crippen LogP contribution in [0.2, 0.25) is 5.02 Å². The Morgan fingerprint density at radius 2 is 2.25 bits per heavy atom. The third-order valence-corrected chi connectivity index (χ3v) is 4.40. The van der Waals surface area contributed by atoms with Crippen LogP contribution >= 0.6 is 11.6 Å². The molecule has 0 saturated heterocycles. The second kappa shape index (κ2) is 8.57. The molecular weight excluding hydrogens is 384 g/mol. The summed E-state index contributed by atoms with van der Waals surface area (Å²) in [6.07, 6.45) is 3.23. The van der Waals surface area contributed by atoms with Gasteiger partial charge in [-0.25, -0.2) is 14.8 Å². The molecule has 1 atom stereocenters. The highest BCUT2D eigenvalue weighted by Crippen LogP contribution is 2.28. The summed E-state index contributed by atoms with van der Waals surface area (Å²) in [6, 6.07) is 6.69. The number of hydrogen-bond acceptors (Lipinski definition) is 8. The highest BCUT2D eigenvalue weighted by molar-refractivity contribution is 6.31. The van der Waals surface area contributed by atoms with E-state index in [0.717, 1.165) is 11.1 Å². The van der Waals surface area contributed by atoms with Crippen molar-refractivity contribution in [3.63, 3.8) is 0 Å². The van der Waals surface area contributed by atoms with E-state index in [4.69, 9.17) is 27.2 Å². The third kappa shape index (κ3) is 4.68. The van der Waals surface area contributed by atoms with E-state index in [0.29, 0.717) is 17.4 Å². The number of rotatable bonds is 7. The topological polar surface area (TPSA) is 135 Å². The average molecular weight is 403 g/mol.